The summed E-state index contributed by atoms with van der Waals surface area (Å²) in [4.78, 5) is 2.21. The molecule has 0 aliphatic carbocycles. The molecule has 0 amide bonds. The van der Waals surface area contributed by atoms with Crippen molar-refractivity contribution in [3.8, 4) is 0 Å². The van der Waals surface area contributed by atoms with Crippen LogP contribution in [0, 0.1) is 0 Å². The summed E-state index contributed by atoms with van der Waals surface area (Å²) in [6, 6.07) is 5.25. The van der Waals surface area contributed by atoms with Crippen LogP contribution >= 0.6 is 0 Å². The smallest absolute Gasteiger partial charge is 0.377 e. The molecule has 0 aromatic heterocycles. The lowest BCUT2D eigenvalue weighted by Crippen LogP contribution is -2.23. The number of rotatable bonds is 2. The van der Waals surface area contributed by atoms with E-state index in [9.17, 15) is 13.2 Å². The van der Waals surface area contributed by atoms with Gasteiger partial charge in [0.25, 0.3) is 0 Å². The van der Waals surface area contributed by atoms with Crippen LogP contribution in [0.5, 0.6) is 0 Å². The van der Waals surface area contributed by atoms with Crippen LogP contribution in [0.3, 0.4) is 0 Å². The summed E-state index contributed by atoms with van der Waals surface area (Å²) in [5.41, 5.74) is 0.200. The van der Waals surface area contributed by atoms with Gasteiger partial charge in [-0.2, -0.15) is 13.2 Å². The lowest BCUT2D eigenvalue weighted by Gasteiger charge is -2.24. The minimum atomic E-state index is -4.25. The van der Waals surface area contributed by atoms with Crippen LogP contribution in [0.2, 0.25) is 0 Å². The van der Waals surface area contributed by atoms with Crippen LogP contribution in [-0.2, 0) is 6.18 Å². The van der Waals surface area contributed by atoms with Gasteiger partial charge >= 0.3 is 6.18 Å². The fourth-order valence-electron chi connectivity index (χ4n) is 2.04. The van der Waals surface area contributed by atoms with Crippen LogP contribution in [-0.4, -0.2) is 18.0 Å². The highest BCUT2D eigenvalue weighted by molar-refractivity contribution is 5.49. The summed E-state index contributed by atoms with van der Waals surface area (Å²) >= 11 is 0. The lowest BCUT2D eigenvalue weighted by molar-refractivity contribution is -0.137. The molecule has 0 unspecified atom stereocenters. The molecule has 1 nitrogen and oxygen atoms in total. The molecule has 1 aromatic carbocycles. The Morgan fingerprint density at radius 3 is 2.11 bits per heavy atom. The molecule has 1 aromatic rings. The summed E-state index contributed by atoms with van der Waals surface area (Å²) in [5.74, 6) is 0. The van der Waals surface area contributed by atoms with Crippen molar-refractivity contribution in [2.75, 3.05) is 13.1 Å². The minimum Gasteiger partial charge on any atom is -0.377 e. The van der Waals surface area contributed by atoms with Crippen molar-refractivity contribution in [3.05, 3.63) is 41.6 Å². The van der Waals surface area contributed by atoms with E-state index >= 15 is 0 Å². The van der Waals surface area contributed by atoms with Gasteiger partial charge in [-0.05, 0) is 49.2 Å². The quantitative estimate of drug-likeness (QED) is 0.767. The molecule has 1 heterocycles. The molecule has 4 heteroatoms. The number of halogens is 3. The zero-order valence-electron chi connectivity index (χ0n) is 10.1. The van der Waals surface area contributed by atoms with Crippen molar-refractivity contribution in [3.63, 3.8) is 0 Å². The van der Waals surface area contributed by atoms with Gasteiger partial charge in [-0.3, -0.25) is 0 Å². The largest absolute Gasteiger partial charge is 0.416 e. The number of benzene rings is 1. The van der Waals surface area contributed by atoms with E-state index in [0.29, 0.717) is 0 Å². The Kier molecular flexibility index (Phi) is 3.94. The Balaban J connectivity index is 1.99. The van der Waals surface area contributed by atoms with E-state index in [1.54, 1.807) is 0 Å². The average Bonchev–Trinajstić information content (AvgIpc) is 2.37. The van der Waals surface area contributed by atoms with Crippen molar-refractivity contribution >= 4 is 6.08 Å². The second-order valence-corrected chi connectivity index (χ2v) is 4.53. The molecule has 1 saturated heterocycles. The maximum Gasteiger partial charge on any atom is 0.416 e. The van der Waals surface area contributed by atoms with Crippen LogP contribution in [0.15, 0.2) is 30.5 Å². The fourth-order valence-corrected chi connectivity index (χ4v) is 2.04. The third kappa shape index (κ3) is 3.52. The first-order valence-corrected chi connectivity index (χ1v) is 6.15. The first kappa shape index (κ1) is 13.0. The summed E-state index contributed by atoms with van der Waals surface area (Å²) < 4.78 is 37.1. The highest BCUT2D eigenvalue weighted by Crippen LogP contribution is 2.29. The third-order valence-electron chi connectivity index (χ3n) is 3.11. The van der Waals surface area contributed by atoms with Crippen molar-refractivity contribution in [2.24, 2.45) is 0 Å². The second-order valence-electron chi connectivity index (χ2n) is 4.53. The van der Waals surface area contributed by atoms with E-state index in [1.165, 1.54) is 31.4 Å². The third-order valence-corrected chi connectivity index (χ3v) is 3.11. The Bertz CT molecular complexity index is 400. The van der Waals surface area contributed by atoms with Crippen LogP contribution in [0.4, 0.5) is 13.2 Å². The summed E-state index contributed by atoms with van der Waals surface area (Å²) in [5, 5.41) is 0. The standard InChI is InChI=1S/C14H16F3N/c15-14(16,17)13-6-4-12(5-7-13)8-11-18-9-2-1-3-10-18/h4-8,11H,1-3,9-10H2/b11-8+. The molecule has 0 N–H and O–H groups in total. The second kappa shape index (κ2) is 5.46. The first-order chi connectivity index (χ1) is 8.55. The molecule has 1 aliphatic heterocycles. The number of nitrogens with zero attached hydrogens (tertiary/aromatic N) is 1. The van der Waals surface area contributed by atoms with E-state index in [0.717, 1.165) is 30.8 Å². The molecule has 2 rings (SSSR count). The first-order valence-electron chi connectivity index (χ1n) is 6.15. The van der Waals surface area contributed by atoms with E-state index in [1.807, 2.05) is 12.3 Å². The van der Waals surface area contributed by atoms with Gasteiger partial charge in [0, 0.05) is 13.1 Å². The summed E-state index contributed by atoms with van der Waals surface area (Å²) in [6.07, 6.45) is 3.24. The number of likely N-dealkylation sites (tertiary alicyclic amines) is 1. The minimum absolute atomic E-state index is 0.599. The SMILES string of the molecule is FC(F)(F)c1ccc(/C=C/N2CCCCC2)cc1. The van der Waals surface area contributed by atoms with Crippen molar-refractivity contribution in [1.82, 2.24) is 4.90 Å². The van der Waals surface area contributed by atoms with Crippen LogP contribution < -0.4 is 0 Å². The van der Waals surface area contributed by atoms with Gasteiger partial charge in [0.15, 0.2) is 0 Å². The number of hydrogen-bond donors (Lipinski definition) is 0. The maximum atomic E-state index is 12.4. The molecule has 1 aliphatic rings. The Labute approximate surface area is 105 Å². The molecule has 0 bridgehead atoms. The van der Waals surface area contributed by atoms with E-state index in [2.05, 4.69) is 4.90 Å². The van der Waals surface area contributed by atoms with Crippen molar-refractivity contribution < 1.29 is 13.2 Å². The highest BCUT2D eigenvalue weighted by Gasteiger charge is 2.29. The molecule has 0 radical (unpaired) electrons. The molecule has 0 atom stereocenters. The normalized spacial score (nSPS) is 17.4. The molecule has 98 valence electrons. The van der Waals surface area contributed by atoms with E-state index < -0.39 is 11.7 Å². The Hall–Kier alpha value is -1.45. The molecule has 0 spiro atoms. The van der Waals surface area contributed by atoms with E-state index in [-0.39, 0.29) is 0 Å². The van der Waals surface area contributed by atoms with Gasteiger partial charge in [-0.25, -0.2) is 0 Å². The zero-order valence-corrected chi connectivity index (χ0v) is 10.1. The van der Waals surface area contributed by atoms with Gasteiger partial charge in [-0.1, -0.05) is 12.1 Å². The molecular formula is C14H16F3N. The predicted octanol–water partition coefficient (Wildman–Crippen LogP) is 4.16. The maximum absolute atomic E-state index is 12.4. The van der Waals surface area contributed by atoms with Gasteiger partial charge in [0.05, 0.1) is 5.56 Å². The molecular weight excluding hydrogens is 239 g/mol. The highest BCUT2D eigenvalue weighted by atomic mass is 19.4. The van der Waals surface area contributed by atoms with Crippen LogP contribution in [0.25, 0.3) is 6.08 Å². The Morgan fingerprint density at radius 2 is 1.56 bits per heavy atom. The average molecular weight is 255 g/mol. The Morgan fingerprint density at radius 1 is 0.944 bits per heavy atom. The van der Waals surface area contributed by atoms with Gasteiger partial charge < -0.3 is 4.90 Å². The van der Waals surface area contributed by atoms with Crippen molar-refractivity contribution in [1.29, 1.82) is 0 Å². The number of hydrogen-bond acceptors (Lipinski definition) is 1. The van der Waals surface area contributed by atoms with Crippen LogP contribution in [0.1, 0.15) is 30.4 Å². The number of piperidine rings is 1. The molecule has 0 saturated carbocycles. The summed E-state index contributed by atoms with van der Waals surface area (Å²) in [7, 11) is 0. The monoisotopic (exact) mass is 255 g/mol. The van der Waals surface area contributed by atoms with Gasteiger partial charge in [0.1, 0.15) is 0 Å². The van der Waals surface area contributed by atoms with Crippen molar-refractivity contribution in [2.45, 2.75) is 25.4 Å². The number of alkyl halides is 3. The predicted molar refractivity (Wildman–Crippen MR) is 65.9 cm³/mol. The molecule has 18 heavy (non-hydrogen) atoms. The topological polar surface area (TPSA) is 3.24 Å². The van der Waals surface area contributed by atoms with Gasteiger partial charge in [0.2, 0.25) is 0 Å². The molecule has 1 fully saturated rings. The lowest BCUT2D eigenvalue weighted by atomic mass is 10.1. The van der Waals surface area contributed by atoms with E-state index in [4.69, 9.17) is 0 Å². The summed E-state index contributed by atoms with van der Waals surface area (Å²) in [6.45, 7) is 2.08. The fraction of sp³-hybridized carbons (Fsp3) is 0.429. The van der Waals surface area contributed by atoms with Gasteiger partial charge in [-0.15, -0.1) is 0 Å². The zero-order chi connectivity index (χ0) is 13.0.